The third-order valence-electron chi connectivity index (χ3n) is 3.06. The molecule has 0 saturated heterocycles. The average Bonchev–Trinajstić information content (AvgIpc) is 2.76. The molecule has 0 amide bonds. The van der Waals surface area contributed by atoms with E-state index < -0.39 is 12.4 Å². The Morgan fingerprint density at radius 1 is 1.24 bits per heavy atom. The molecule has 0 saturated carbocycles. The maximum atomic E-state index is 13.0. The third-order valence-corrected chi connectivity index (χ3v) is 3.06. The number of ether oxygens (including phenoxy) is 1. The zero-order chi connectivity index (χ0) is 14.8. The van der Waals surface area contributed by atoms with E-state index in [1.165, 1.54) is 6.07 Å². The molecule has 1 aromatic carbocycles. The van der Waals surface area contributed by atoms with Gasteiger partial charge >= 0.3 is 58.4 Å². The molecule has 0 unspecified atom stereocenters. The molecule has 3 nitrogen and oxygen atoms in total. The van der Waals surface area contributed by atoms with Gasteiger partial charge in [-0.25, -0.2) is 0 Å². The minimum atomic E-state index is -5.07. The first-order chi connectivity index (χ1) is 9.38. The molecule has 108 valence electrons. The Morgan fingerprint density at radius 2 is 1.95 bits per heavy atom. The van der Waals surface area contributed by atoms with Gasteiger partial charge in [0.1, 0.15) is 0 Å². The van der Waals surface area contributed by atoms with Crippen molar-refractivity contribution in [1.82, 2.24) is 9.78 Å². The second kappa shape index (κ2) is 7.82. The summed E-state index contributed by atoms with van der Waals surface area (Å²) in [4.78, 5) is 0. The Balaban J connectivity index is 0.00000220. The number of benzene rings is 1. The molecule has 0 spiro atoms. The van der Waals surface area contributed by atoms with Gasteiger partial charge in [-0.3, -0.25) is 4.68 Å². The molecule has 0 bridgehead atoms. The molecule has 21 heavy (non-hydrogen) atoms. The summed E-state index contributed by atoms with van der Waals surface area (Å²) >= 11 is 0. The molecule has 0 fully saturated rings. The van der Waals surface area contributed by atoms with Gasteiger partial charge in [0.15, 0.2) is 0 Å². The first-order valence-corrected chi connectivity index (χ1v) is 6.28. The standard InChI is InChI=1S/C13H15BF3N2O.K/c1-10-3-4-13(12(9-10)14(15,16)17)20-8-6-11-5-7-18-19(11)2;/h3-5,7,9H,6,8H2,1-2H3;/q-1;+1. The molecule has 1 aromatic heterocycles. The van der Waals surface area contributed by atoms with Crippen molar-refractivity contribution in [3.63, 3.8) is 0 Å². The van der Waals surface area contributed by atoms with Crippen LogP contribution in [0.15, 0.2) is 30.5 Å². The van der Waals surface area contributed by atoms with E-state index in [0.29, 0.717) is 12.0 Å². The molecule has 0 aliphatic rings. The Morgan fingerprint density at radius 3 is 2.52 bits per heavy atom. The number of hydrogen-bond acceptors (Lipinski definition) is 2. The van der Waals surface area contributed by atoms with Gasteiger partial charge in [0, 0.05) is 25.4 Å². The number of aryl methyl sites for hydroxylation is 2. The minimum absolute atomic E-state index is 0. The Labute approximate surface area is 164 Å². The summed E-state index contributed by atoms with van der Waals surface area (Å²) in [6.45, 7) is -3.26. The summed E-state index contributed by atoms with van der Waals surface area (Å²) in [5, 5.41) is 3.99. The van der Waals surface area contributed by atoms with Crippen LogP contribution >= 0.6 is 0 Å². The fourth-order valence-electron chi connectivity index (χ4n) is 1.97. The summed E-state index contributed by atoms with van der Waals surface area (Å²) in [6.07, 6.45) is 2.15. The molecule has 2 rings (SSSR count). The van der Waals surface area contributed by atoms with Crippen LogP contribution in [0, 0.1) is 6.92 Å². The minimum Gasteiger partial charge on any atom is -0.496 e. The van der Waals surface area contributed by atoms with Crippen molar-refractivity contribution >= 4 is 12.4 Å². The van der Waals surface area contributed by atoms with E-state index in [-0.39, 0.29) is 63.7 Å². The van der Waals surface area contributed by atoms with E-state index in [2.05, 4.69) is 5.10 Å². The summed E-state index contributed by atoms with van der Waals surface area (Å²) < 4.78 is 45.9. The smallest absolute Gasteiger partial charge is 0.496 e. The van der Waals surface area contributed by atoms with Crippen molar-refractivity contribution in [3.8, 4) is 5.75 Å². The molecular formula is C13H15BF3KN2O. The number of rotatable bonds is 5. The Hall–Kier alpha value is -0.279. The van der Waals surface area contributed by atoms with Gasteiger partial charge in [0.05, 0.1) is 12.4 Å². The summed E-state index contributed by atoms with van der Waals surface area (Å²) in [5.74, 6) is -0.106. The quantitative estimate of drug-likeness (QED) is 0.688. The van der Waals surface area contributed by atoms with Crippen molar-refractivity contribution < 1.29 is 69.1 Å². The number of aromatic nitrogens is 2. The second-order valence-electron chi connectivity index (χ2n) is 4.66. The van der Waals surface area contributed by atoms with Crippen LogP contribution in [0.5, 0.6) is 5.75 Å². The largest absolute Gasteiger partial charge is 1.00 e. The van der Waals surface area contributed by atoms with E-state index >= 15 is 0 Å². The molecule has 0 N–H and O–H groups in total. The summed E-state index contributed by atoms with van der Waals surface area (Å²) in [5.41, 5.74) is 0.810. The SMILES string of the molecule is Cc1ccc(OCCc2ccnn2C)c([B-](F)(F)F)c1.[K+]. The molecule has 8 heteroatoms. The van der Waals surface area contributed by atoms with Crippen LogP contribution in [-0.2, 0) is 13.5 Å². The number of hydrogen-bond donors (Lipinski definition) is 0. The zero-order valence-corrected chi connectivity index (χ0v) is 15.4. The van der Waals surface area contributed by atoms with Gasteiger partial charge in [-0.15, -0.1) is 0 Å². The van der Waals surface area contributed by atoms with E-state index in [1.54, 1.807) is 30.9 Å². The number of halogens is 3. The molecule has 0 aliphatic heterocycles. The van der Waals surface area contributed by atoms with Crippen LogP contribution in [0.25, 0.3) is 0 Å². The van der Waals surface area contributed by atoms with Crippen molar-refractivity contribution in [2.75, 3.05) is 6.61 Å². The maximum absolute atomic E-state index is 13.0. The van der Waals surface area contributed by atoms with Crippen molar-refractivity contribution in [2.45, 2.75) is 13.3 Å². The zero-order valence-electron chi connectivity index (χ0n) is 12.3. The van der Waals surface area contributed by atoms with Gasteiger partial charge < -0.3 is 17.7 Å². The van der Waals surface area contributed by atoms with Crippen LogP contribution in [-0.4, -0.2) is 23.4 Å². The first kappa shape index (κ1) is 18.8. The predicted octanol–water partition coefficient (Wildman–Crippen LogP) is -0.592. The second-order valence-corrected chi connectivity index (χ2v) is 4.66. The summed E-state index contributed by atoms with van der Waals surface area (Å²) in [7, 11) is 1.78. The van der Waals surface area contributed by atoms with Crippen LogP contribution in [0.1, 0.15) is 11.3 Å². The van der Waals surface area contributed by atoms with Crippen LogP contribution < -0.4 is 61.6 Å². The summed E-state index contributed by atoms with van der Waals surface area (Å²) in [6, 6.07) is 5.93. The van der Waals surface area contributed by atoms with Gasteiger partial charge in [-0.2, -0.15) is 5.10 Å². The van der Waals surface area contributed by atoms with Crippen molar-refractivity contribution in [1.29, 1.82) is 0 Å². The normalized spacial score (nSPS) is 11.1. The monoisotopic (exact) mass is 322 g/mol. The fraction of sp³-hybridized carbons (Fsp3) is 0.308. The Kier molecular flexibility index (Phi) is 6.99. The first-order valence-electron chi connectivity index (χ1n) is 6.28. The molecule has 0 radical (unpaired) electrons. The third kappa shape index (κ3) is 5.14. The maximum Gasteiger partial charge on any atom is 1.00 e. The van der Waals surface area contributed by atoms with Crippen molar-refractivity contribution in [3.05, 3.63) is 41.7 Å². The molecule has 2 aromatic rings. The number of nitrogens with zero attached hydrogens (tertiary/aromatic N) is 2. The molecule has 0 aliphatic carbocycles. The van der Waals surface area contributed by atoms with Gasteiger partial charge in [0.25, 0.3) is 0 Å². The van der Waals surface area contributed by atoms with E-state index in [1.807, 2.05) is 6.07 Å². The van der Waals surface area contributed by atoms with Gasteiger partial charge in [-0.05, 0) is 19.1 Å². The predicted molar refractivity (Wildman–Crippen MR) is 72.3 cm³/mol. The average molecular weight is 322 g/mol. The topological polar surface area (TPSA) is 27.1 Å². The molecule has 1 heterocycles. The van der Waals surface area contributed by atoms with E-state index in [0.717, 1.165) is 11.8 Å². The van der Waals surface area contributed by atoms with Crippen LogP contribution in [0.2, 0.25) is 0 Å². The van der Waals surface area contributed by atoms with Gasteiger partial charge in [-0.1, -0.05) is 23.2 Å². The molecular weight excluding hydrogens is 307 g/mol. The van der Waals surface area contributed by atoms with Crippen molar-refractivity contribution in [2.24, 2.45) is 7.05 Å². The van der Waals surface area contributed by atoms with Crippen LogP contribution in [0.3, 0.4) is 0 Å². The Bertz CT molecular complexity index is 601. The van der Waals surface area contributed by atoms with E-state index in [9.17, 15) is 12.9 Å². The van der Waals surface area contributed by atoms with E-state index in [4.69, 9.17) is 4.74 Å². The molecule has 0 atom stereocenters. The fourth-order valence-corrected chi connectivity index (χ4v) is 1.97. The van der Waals surface area contributed by atoms with Gasteiger partial charge in [0.2, 0.25) is 0 Å². The van der Waals surface area contributed by atoms with Crippen LogP contribution in [0.4, 0.5) is 12.9 Å².